The molecule has 1 amide bonds. The van der Waals surface area contributed by atoms with Crippen molar-refractivity contribution < 1.29 is 9.90 Å². The molecule has 2 fully saturated rings. The van der Waals surface area contributed by atoms with Crippen LogP contribution in [0, 0.1) is 5.92 Å². The van der Waals surface area contributed by atoms with Gasteiger partial charge in [-0.15, -0.1) is 0 Å². The molecule has 1 aromatic heterocycles. The van der Waals surface area contributed by atoms with Crippen molar-refractivity contribution in [2.24, 2.45) is 5.92 Å². The van der Waals surface area contributed by atoms with Gasteiger partial charge in [0.2, 0.25) is 5.91 Å². The van der Waals surface area contributed by atoms with E-state index in [0.717, 1.165) is 39.0 Å². The lowest BCUT2D eigenvalue weighted by molar-refractivity contribution is -0.146. The molecule has 1 atom stereocenters. The van der Waals surface area contributed by atoms with Crippen LogP contribution in [-0.2, 0) is 16.9 Å². The van der Waals surface area contributed by atoms with Gasteiger partial charge < -0.3 is 14.6 Å². The molecule has 1 aromatic rings. The molecule has 1 spiro atoms. The van der Waals surface area contributed by atoms with Gasteiger partial charge in [0.05, 0.1) is 23.7 Å². The van der Waals surface area contributed by atoms with E-state index in [-0.39, 0.29) is 23.5 Å². The Kier molecular flexibility index (Phi) is 3.92. The van der Waals surface area contributed by atoms with Gasteiger partial charge in [-0.05, 0) is 39.5 Å². The highest BCUT2D eigenvalue weighted by Crippen LogP contribution is 2.37. The first kappa shape index (κ1) is 16.1. The van der Waals surface area contributed by atoms with E-state index >= 15 is 0 Å². The minimum Gasteiger partial charge on any atom is -0.393 e. The number of aliphatic hydroxyl groups excluding tert-OH is 1. The standard InChI is InChI=1S/C18H28N4O2/c1-13(2)21-9-15-8-19-12-22(15)18(11-21)4-3-5-20(10-18)17(24)14-6-16(23)7-14/h8,12-14,16,23H,3-7,9-11H2,1-2H3. The van der Waals surface area contributed by atoms with Gasteiger partial charge in [-0.25, -0.2) is 4.98 Å². The van der Waals surface area contributed by atoms with Crippen LogP contribution in [-0.4, -0.2) is 62.1 Å². The Morgan fingerprint density at radius 2 is 2.17 bits per heavy atom. The number of carbonyl (C=O) groups is 1. The van der Waals surface area contributed by atoms with Crippen molar-refractivity contribution in [1.82, 2.24) is 19.4 Å². The van der Waals surface area contributed by atoms with Crippen LogP contribution in [0.5, 0.6) is 0 Å². The van der Waals surface area contributed by atoms with Crippen molar-refractivity contribution in [3.8, 4) is 0 Å². The summed E-state index contributed by atoms with van der Waals surface area (Å²) in [5.41, 5.74) is 1.20. The second-order valence-electron chi connectivity index (χ2n) is 8.16. The molecule has 1 saturated heterocycles. The molecule has 1 unspecified atom stereocenters. The summed E-state index contributed by atoms with van der Waals surface area (Å²) in [4.78, 5) is 21.7. The molecule has 1 saturated carbocycles. The van der Waals surface area contributed by atoms with E-state index in [1.807, 2.05) is 17.4 Å². The third-order valence-electron chi connectivity index (χ3n) is 6.15. The van der Waals surface area contributed by atoms with Crippen LogP contribution in [0.4, 0.5) is 0 Å². The van der Waals surface area contributed by atoms with E-state index < -0.39 is 0 Å². The summed E-state index contributed by atoms with van der Waals surface area (Å²) >= 11 is 0. The highest BCUT2D eigenvalue weighted by Gasteiger charge is 2.46. The summed E-state index contributed by atoms with van der Waals surface area (Å²) in [5.74, 6) is 0.268. The Morgan fingerprint density at radius 3 is 2.88 bits per heavy atom. The molecule has 1 aliphatic carbocycles. The third-order valence-corrected chi connectivity index (χ3v) is 6.15. The summed E-state index contributed by atoms with van der Waals surface area (Å²) in [6.07, 6.45) is 7.05. The number of hydrogen-bond acceptors (Lipinski definition) is 4. The predicted octanol–water partition coefficient (Wildman–Crippen LogP) is 1.20. The van der Waals surface area contributed by atoms with E-state index in [1.54, 1.807) is 0 Å². The van der Waals surface area contributed by atoms with Gasteiger partial charge in [0.1, 0.15) is 0 Å². The van der Waals surface area contributed by atoms with Gasteiger partial charge in [-0.1, -0.05) is 0 Å². The number of imidazole rings is 1. The first-order valence-electron chi connectivity index (χ1n) is 9.21. The fraction of sp³-hybridized carbons (Fsp3) is 0.778. The second-order valence-corrected chi connectivity index (χ2v) is 8.16. The van der Waals surface area contributed by atoms with Crippen molar-refractivity contribution in [2.75, 3.05) is 19.6 Å². The van der Waals surface area contributed by atoms with Crippen molar-refractivity contribution in [1.29, 1.82) is 0 Å². The highest BCUT2D eigenvalue weighted by molar-refractivity contribution is 5.80. The number of amides is 1. The number of fused-ring (bicyclic) bond motifs is 2. The lowest BCUT2D eigenvalue weighted by Gasteiger charge is -2.51. The fourth-order valence-electron chi connectivity index (χ4n) is 4.62. The molecule has 132 valence electrons. The van der Waals surface area contributed by atoms with E-state index in [4.69, 9.17) is 0 Å². The summed E-state index contributed by atoms with van der Waals surface area (Å²) in [5, 5.41) is 9.52. The smallest absolute Gasteiger partial charge is 0.225 e. The fourth-order valence-corrected chi connectivity index (χ4v) is 4.62. The van der Waals surface area contributed by atoms with E-state index in [2.05, 4.69) is 28.3 Å². The number of aromatic nitrogens is 2. The molecule has 3 aliphatic rings. The molecule has 3 heterocycles. The largest absolute Gasteiger partial charge is 0.393 e. The molecule has 2 aliphatic heterocycles. The quantitative estimate of drug-likeness (QED) is 0.884. The zero-order chi connectivity index (χ0) is 16.9. The van der Waals surface area contributed by atoms with Gasteiger partial charge in [0.15, 0.2) is 0 Å². The maximum absolute atomic E-state index is 12.8. The average molecular weight is 332 g/mol. The maximum atomic E-state index is 12.8. The van der Waals surface area contributed by atoms with Gasteiger partial charge in [-0.2, -0.15) is 0 Å². The molecule has 0 aromatic carbocycles. The number of nitrogens with zero attached hydrogens (tertiary/aromatic N) is 4. The van der Waals surface area contributed by atoms with Gasteiger partial charge >= 0.3 is 0 Å². The predicted molar refractivity (Wildman–Crippen MR) is 90.3 cm³/mol. The lowest BCUT2D eigenvalue weighted by atomic mass is 9.79. The summed E-state index contributed by atoms with van der Waals surface area (Å²) in [7, 11) is 0. The van der Waals surface area contributed by atoms with Crippen LogP contribution in [0.25, 0.3) is 0 Å². The maximum Gasteiger partial charge on any atom is 0.225 e. The number of hydrogen-bond donors (Lipinski definition) is 1. The Morgan fingerprint density at radius 1 is 1.38 bits per heavy atom. The molecule has 24 heavy (non-hydrogen) atoms. The van der Waals surface area contributed by atoms with E-state index in [0.29, 0.717) is 18.9 Å². The number of carbonyl (C=O) groups excluding carboxylic acids is 1. The number of aliphatic hydroxyl groups is 1. The minimum absolute atomic E-state index is 0.0298. The molecular formula is C18H28N4O2. The van der Waals surface area contributed by atoms with Crippen LogP contribution in [0.2, 0.25) is 0 Å². The van der Waals surface area contributed by atoms with E-state index in [9.17, 15) is 9.90 Å². The molecule has 0 bridgehead atoms. The summed E-state index contributed by atoms with van der Waals surface area (Å²) < 4.78 is 2.33. The van der Waals surface area contributed by atoms with Crippen LogP contribution in [0.15, 0.2) is 12.5 Å². The monoisotopic (exact) mass is 332 g/mol. The van der Waals surface area contributed by atoms with Gasteiger partial charge in [-0.3, -0.25) is 9.69 Å². The van der Waals surface area contributed by atoms with Crippen molar-refractivity contribution in [2.45, 2.75) is 63.8 Å². The molecule has 6 nitrogen and oxygen atoms in total. The Balaban J connectivity index is 1.58. The average Bonchev–Trinajstić information content (AvgIpc) is 3.01. The second kappa shape index (κ2) is 5.85. The molecular weight excluding hydrogens is 304 g/mol. The molecule has 6 heteroatoms. The summed E-state index contributed by atoms with van der Waals surface area (Å²) in [6.45, 7) is 8.00. The normalized spacial score (nSPS) is 33.6. The van der Waals surface area contributed by atoms with Crippen LogP contribution in [0.3, 0.4) is 0 Å². The van der Waals surface area contributed by atoms with Crippen LogP contribution < -0.4 is 0 Å². The van der Waals surface area contributed by atoms with Crippen LogP contribution >= 0.6 is 0 Å². The first-order chi connectivity index (χ1) is 11.5. The zero-order valence-corrected chi connectivity index (χ0v) is 14.7. The number of rotatable bonds is 2. The highest BCUT2D eigenvalue weighted by atomic mass is 16.3. The van der Waals surface area contributed by atoms with Crippen molar-refractivity contribution in [3.63, 3.8) is 0 Å². The summed E-state index contributed by atoms with van der Waals surface area (Å²) in [6, 6.07) is 0.485. The van der Waals surface area contributed by atoms with Gasteiger partial charge in [0.25, 0.3) is 0 Å². The molecule has 4 rings (SSSR count). The van der Waals surface area contributed by atoms with Gasteiger partial charge in [0, 0.05) is 44.3 Å². The first-order valence-corrected chi connectivity index (χ1v) is 9.21. The van der Waals surface area contributed by atoms with E-state index in [1.165, 1.54) is 5.69 Å². The number of likely N-dealkylation sites (tertiary alicyclic amines) is 1. The zero-order valence-electron chi connectivity index (χ0n) is 14.7. The Hall–Kier alpha value is -1.40. The Bertz CT molecular complexity index is 622. The van der Waals surface area contributed by atoms with Crippen molar-refractivity contribution >= 4 is 5.91 Å². The Labute approximate surface area is 143 Å². The van der Waals surface area contributed by atoms with Crippen molar-refractivity contribution in [3.05, 3.63) is 18.2 Å². The minimum atomic E-state index is -0.274. The lowest BCUT2D eigenvalue weighted by Crippen LogP contribution is -2.61. The topological polar surface area (TPSA) is 61.6 Å². The molecule has 0 radical (unpaired) electrons. The number of piperidine rings is 1. The third kappa shape index (κ3) is 2.56. The molecule has 1 N–H and O–H groups in total. The van der Waals surface area contributed by atoms with Crippen LogP contribution in [0.1, 0.15) is 45.2 Å². The SMILES string of the molecule is CC(C)N1Cc2cncn2C2(CCCN(C(=O)C3CC(O)C3)C2)C1.